The summed E-state index contributed by atoms with van der Waals surface area (Å²) >= 11 is 0. The molecule has 0 atom stereocenters. The molecule has 0 saturated heterocycles. The zero-order valence-corrected chi connectivity index (χ0v) is 17.5. The summed E-state index contributed by atoms with van der Waals surface area (Å²) in [4.78, 5) is 0. The Morgan fingerprint density at radius 3 is 1.70 bits per heavy atom. The normalized spacial score (nSPS) is 11.3. The van der Waals surface area contributed by atoms with Gasteiger partial charge < -0.3 is 17.0 Å². The van der Waals surface area contributed by atoms with Crippen molar-refractivity contribution in [1.29, 1.82) is 0 Å². The second-order valence-electron chi connectivity index (χ2n) is 7.57. The summed E-state index contributed by atoms with van der Waals surface area (Å²) in [7, 11) is 6.78. The van der Waals surface area contributed by atoms with E-state index in [-0.39, 0.29) is 17.0 Å². The molecule has 0 aromatic heterocycles. The van der Waals surface area contributed by atoms with Gasteiger partial charge in [0.05, 0.1) is 21.1 Å². The summed E-state index contributed by atoms with van der Waals surface area (Å²) in [6.07, 6.45) is 15.4. The second-order valence-corrected chi connectivity index (χ2v) is 7.57. The number of aryl methyl sites for hydroxylation is 1. The predicted molar refractivity (Wildman–Crippen MR) is 102 cm³/mol. The molecule has 0 aliphatic rings. The summed E-state index contributed by atoms with van der Waals surface area (Å²) in [6, 6.07) is 8.95. The third kappa shape index (κ3) is 10.2. The minimum absolute atomic E-state index is 0. The fourth-order valence-corrected chi connectivity index (χ4v) is 3.18. The van der Waals surface area contributed by atoms with Crippen LogP contribution in [0.15, 0.2) is 24.3 Å². The fourth-order valence-electron chi connectivity index (χ4n) is 3.18. The molecule has 0 bridgehead atoms. The molecule has 0 heterocycles. The van der Waals surface area contributed by atoms with E-state index in [1.807, 2.05) is 0 Å². The first-order valence-electron chi connectivity index (χ1n) is 9.45. The number of benzene rings is 1. The summed E-state index contributed by atoms with van der Waals surface area (Å²) in [6.45, 7) is 2.29. The van der Waals surface area contributed by atoms with E-state index in [1.165, 1.54) is 81.9 Å². The van der Waals surface area contributed by atoms with Crippen LogP contribution < -0.4 is 21.5 Å². The van der Waals surface area contributed by atoms with Gasteiger partial charge in [-0.3, -0.25) is 4.48 Å². The van der Waals surface area contributed by atoms with Crippen molar-refractivity contribution >= 4 is 5.69 Å². The van der Waals surface area contributed by atoms with Crippen LogP contribution in [0.2, 0.25) is 0 Å². The molecule has 1 nitrogen and oxygen atoms in total. The summed E-state index contributed by atoms with van der Waals surface area (Å²) in [5.74, 6) is 0. The molecule has 0 saturated carbocycles. The Morgan fingerprint density at radius 2 is 1.17 bits per heavy atom. The predicted octanol–water partition coefficient (Wildman–Crippen LogP) is 3.35. The van der Waals surface area contributed by atoms with Crippen LogP contribution in [-0.4, -0.2) is 21.1 Å². The Kier molecular flexibility index (Phi) is 12.8. The first-order valence-corrected chi connectivity index (χ1v) is 9.45. The van der Waals surface area contributed by atoms with Crippen LogP contribution >= 0.6 is 0 Å². The molecule has 0 spiro atoms. The van der Waals surface area contributed by atoms with Gasteiger partial charge in [0.15, 0.2) is 0 Å². The lowest BCUT2D eigenvalue weighted by Gasteiger charge is -2.26. The summed E-state index contributed by atoms with van der Waals surface area (Å²) in [5.41, 5.74) is 3.01. The molecule has 0 aliphatic carbocycles. The van der Waals surface area contributed by atoms with Gasteiger partial charge in [-0.1, -0.05) is 82.9 Å². The first kappa shape index (κ1) is 22.7. The van der Waals surface area contributed by atoms with Gasteiger partial charge in [0, 0.05) is 5.56 Å². The van der Waals surface area contributed by atoms with Crippen LogP contribution in [0.1, 0.15) is 76.7 Å². The lowest BCUT2D eigenvalue weighted by Crippen LogP contribution is -3.00. The van der Waals surface area contributed by atoms with Crippen LogP contribution in [0, 0.1) is 0 Å². The number of rotatable bonds is 12. The molecule has 2 heteroatoms. The number of quaternary nitrogens is 1. The Morgan fingerprint density at radius 1 is 0.696 bits per heavy atom. The smallest absolute Gasteiger partial charge is 0.135 e. The average molecular weight is 384 g/mol. The topological polar surface area (TPSA) is 0 Å². The van der Waals surface area contributed by atoms with Gasteiger partial charge in [0.1, 0.15) is 5.69 Å². The van der Waals surface area contributed by atoms with Crippen molar-refractivity contribution in [1.82, 2.24) is 4.48 Å². The zero-order chi connectivity index (χ0) is 16.3. The van der Waals surface area contributed by atoms with Crippen LogP contribution in [0.4, 0.5) is 5.69 Å². The number of hydrogen-bond donors (Lipinski definition) is 0. The number of para-hydroxylation sites is 1. The van der Waals surface area contributed by atoms with E-state index in [0.29, 0.717) is 0 Å². The second kappa shape index (κ2) is 13.0. The van der Waals surface area contributed by atoms with Gasteiger partial charge >= 0.3 is 0 Å². The van der Waals surface area contributed by atoms with E-state index in [9.17, 15) is 0 Å². The van der Waals surface area contributed by atoms with E-state index in [2.05, 4.69) is 52.3 Å². The summed E-state index contributed by atoms with van der Waals surface area (Å²) < 4.78 is 0.925. The van der Waals surface area contributed by atoms with E-state index in [1.54, 1.807) is 0 Å². The molecule has 134 valence electrons. The Bertz CT molecular complexity index is 395. The molecular formula is C21H38BrN. The van der Waals surface area contributed by atoms with Crippen molar-refractivity contribution in [2.24, 2.45) is 0 Å². The highest BCUT2D eigenvalue weighted by molar-refractivity contribution is 5.49. The van der Waals surface area contributed by atoms with Crippen molar-refractivity contribution in [3.63, 3.8) is 0 Å². The number of unbranched alkanes of at least 4 members (excludes halogenated alkanes) is 9. The van der Waals surface area contributed by atoms with Crippen molar-refractivity contribution in [2.45, 2.75) is 77.6 Å². The Hall–Kier alpha value is -0.340. The van der Waals surface area contributed by atoms with Crippen LogP contribution in [0.25, 0.3) is 0 Å². The molecule has 0 fully saturated rings. The number of hydrogen-bond acceptors (Lipinski definition) is 0. The van der Waals surface area contributed by atoms with E-state index < -0.39 is 0 Å². The lowest BCUT2D eigenvalue weighted by molar-refractivity contribution is -0.00000506. The molecular weight excluding hydrogens is 346 g/mol. The summed E-state index contributed by atoms with van der Waals surface area (Å²) in [5, 5.41) is 0. The molecule has 0 aliphatic heterocycles. The van der Waals surface area contributed by atoms with Crippen molar-refractivity contribution < 1.29 is 17.0 Å². The van der Waals surface area contributed by atoms with Crippen molar-refractivity contribution in [2.75, 3.05) is 21.1 Å². The molecule has 0 unspecified atom stereocenters. The third-order valence-corrected chi connectivity index (χ3v) is 4.51. The largest absolute Gasteiger partial charge is 1.00 e. The monoisotopic (exact) mass is 383 g/mol. The molecule has 23 heavy (non-hydrogen) atoms. The molecule has 1 rings (SSSR count). The van der Waals surface area contributed by atoms with Crippen LogP contribution in [-0.2, 0) is 6.42 Å². The quantitative estimate of drug-likeness (QED) is 0.383. The molecule has 1 aromatic carbocycles. The Labute approximate surface area is 155 Å². The van der Waals surface area contributed by atoms with Gasteiger partial charge in [0.2, 0.25) is 0 Å². The highest BCUT2D eigenvalue weighted by Crippen LogP contribution is 2.24. The van der Waals surface area contributed by atoms with Gasteiger partial charge in [-0.25, -0.2) is 0 Å². The molecule has 1 aromatic rings. The zero-order valence-electron chi connectivity index (χ0n) is 15.9. The average Bonchev–Trinajstić information content (AvgIpc) is 2.48. The SMILES string of the molecule is CCCCCCCCCCCCc1ccccc1[N+](C)(C)C.[Br-]. The Balaban J connectivity index is 0.00000484. The van der Waals surface area contributed by atoms with Crippen LogP contribution in [0.3, 0.4) is 0 Å². The maximum absolute atomic E-state index is 2.31. The van der Waals surface area contributed by atoms with Gasteiger partial charge in [-0.05, 0) is 18.9 Å². The third-order valence-electron chi connectivity index (χ3n) is 4.51. The highest BCUT2D eigenvalue weighted by atomic mass is 79.9. The lowest BCUT2D eigenvalue weighted by atomic mass is 10.0. The van der Waals surface area contributed by atoms with E-state index >= 15 is 0 Å². The maximum atomic E-state index is 2.31. The van der Waals surface area contributed by atoms with Gasteiger partial charge in [-0.15, -0.1) is 0 Å². The van der Waals surface area contributed by atoms with Gasteiger partial charge in [0.25, 0.3) is 0 Å². The minimum atomic E-state index is 0. The van der Waals surface area contributed by atoms with Crippen molar-refractivity contribution in [3.05, 3.63) is 29.8 Å². The maximum Gasteiger partial charge on any atom is 0.135 e. The molecule has 0 amide bonds. The standard InChI is InChI=1S/C21H38N.BrH/c1-5-6-7-8-9-10-11-12-13-14-17-20-18-15-16-19-21(20)22(2,3)4;/h15-16,18-19H,5-14,17H2,1-4H3;1H/q+1;/p-1. The van der Waals surface area contributed by atoms with Gasteiger partial charge in [-0.2, -0.15) is 0 Å². The van der Waals surface area contributed by atoms with Crippen molar-refractivity contribution in [3.8, 4) is 0 Å². The van der Waals surface area contributed by atoms with E-state index in [0.717, 1.165) is 4.48 Å². The highest BCUT2D eigenvalue weighted by Gasteiger charge is 2.15. The molecule has 0 radical (unpaired) electrons. The van der Waals surface area contributed by atoms with E-state index in [4.69, 9.17) is 0 Å². The van der Waals surface area contributed by atoms with Crippen LogP contribution in [0.5, 0.6) is 0 Å². The number of nitrogens with zero attached hydrogens (tertiary/aromatic N) is 1. The molecule has 0 N–H and O–H groups in total. The minimum Gasteiger partial charge on any atom is -1.00 e. The number of halogens is 1. The first-order chi connectivity index (χ1) is 10.6. The fraction of sp³-hybridized carbons (Fsp3) is 0.714.